The highest BCUT2D eigenvalue weighted by molar-refractivity contribution is 7.85. The van der Waals surface area contributed by atoms with Gasteiger partial charge in [-0.2, -0.15) is 0 Å². The van der Waals surface area contributed by atoms with Gasteiger partial charge in [0.05, 0.1) is 0 Å². The summed E-state index contributed by atoms with van der Waals surface area (Å²) >= 11 is 0. The summed E-state index contributed by atoms with van der Waals surface area (Å²) < 4.78 is 12.0. The Bertz CT molecular complexity index is 208. The SMILES string of the molecule is CCNC(CS(=O)CCC(C)C)C(C)(C)C. The summed E-state index contributed by atoms with van der Waals surface area (Å²) in [5.41, 5.74) is 0.184. The number of nitrogens with one attached hydrogen (secondary N) is 1. The molecular formula is C13H29NOS. The molecule has 0 aromatic carbocycles. The highest BCUT2D eigenvalue weighted by atomic mass is 32.2. The predicted molar refractivity (Wildman–Crippen MR) is 74.3 cm³/mol. The quantitative estimate of drug-likeness (QED) is 0.749. The fourth-order valence-electron chi connectivity index (χ4n) is 1.50. The summed E-state index contributed by atoms with van der Waals surface area (Å²) in [4.78, 5) is 0. The van der Waals surface area contributed by atoms with Crippen LogP contribution in [0.4, 0.5) is 0 Å². The van der Waals surface area contributed by atoms with Crippen LogP contribution in [0.1, 0.15) is 48.0 Å². The van der Waals surface area contributed by atoms with Gasteiger partial charge in [-0.15, -0.1) is 0 Å². The molecule has 0 saturated heterocycles. The first-order chi connectivity index (χ1) is 7.27. The minimum Gasteiger partial charge on any atom is -0.313 e. The third-order valence-corrected chi connectivity index (χ3v) is 4.17. The first kappa shape index (κ1) is 16.1. The van der Waals surface area contributed by atoms with E-state index in [-0.39, 0.29) is 5.41 Å². The van der Waals surface area contributed by atoms with Crippen LogP contribution in [0.5, 0.6) is 0 Å². The van der Waals surface area contributed by atoms with Crippen molar-refractivity contribution in [2.24, 2.45) is 11.3 Å². The van der Waals surface area contributed by atoms with Crippen molar-refractivity contribution in [2.75, 3.05) is 18.1 Å². The molecule has 0 aromatic heterocycles. The van der Waals surface area contributed by atoms with E-state index >= 15 is 0 Å². The monoisotopic (exact) mass is 247 g/mol. The fourth-order valence-corrected chi connectivity index (χ4v) is 3.39. The van der Waals surface area contributed by atoms with E-state index in [1.54, 1.807) is 0 Å². The van der Waals surface area contributed by atoms with Crippen molar-refractivity contribution in [1.82, 2.24) is 5.32 Å². The molecule has 0 aliphatic carbocycles. The second-order valence-corrected chi connectivity index (χ2v) is 7.59. The van der Waals surface area contributed by atoms with E-state index in [9.17, 15) is 4.21 Å². The van der Waals surface area contributed by atoms with Gasteiger partial charge < -0.3 is 5.32 Å². The third kappa shape index (κ3) is 7.39. The lowest BCUT2D eigenvalue weighted by molar-refractivity contribution is 0.294. The Morgan fingerprint density at radius 2 is 1.81 bits per heavy atom. The van der Waals surface area contributed by atoms with E-state index in [0.29, 0.717) is 12.0 Å². The Morgan fingerprint density at radius 1 is 1.25 bits per heavy atom. The molecule has 0 aromatic rings. The van der Waals surface area contributed by atoms with Gasteiger partial charge in [-0.25, -0.2) is 0 Å². The van der Waals surface area contributed by atoms with Gasteiger partial charge >= 0.3 is 0 Å². The molecule has 0 radical (unpaired) electrons. The fraction of sp³-hybridized carbons (Fsp3) is 1.00. The summed E-state index contributed by atoms with van der Waals surface area (Å²) in [7, 11) is -0.681. The van der Waals surface area contributed by atoms with E-state index < -0.39 is 10.8 Å². The van der Waals surface area contributed by atoms with Crippen LogP contribution in [-0.2, 0) is 10.8 Å². The largest absolute Gasteiger partial charge is 0.313 e. The molecule has 0 heterocycles. The molecule has 0 amide bonds. The number of hydrogen-bond acceptors (Lipinski definition) is 2. The van der Waals surface area contributed by atoms with Crippen molar-refractivity contribution in [3.8, 4) is 0 Å². The molecule has 0 aliphatic rings. The van der Waals surface area contributed by atoms with Crippen LogP contribution >= 0.6 is 0 Å². The average Bonchev–Trinajstić information content (AvgIpc) is 2.12. The minimum atomic E-state index is -0.681. The van der Waals surface area contributed by atoms with Crippen molar-refractivity contribution in [2.45, 2.75) is 54.0 Å². The van der Waals surface area contributed by atoms with Crippen molar-refractivity contribution in [3.05, 3.63) is 0 Å². The number of rotatable bonds is 7. The topological polar surface area (TPSA) is 29.1 Å². The van der Waals surface area contributed by atoms with Crippen molar-refractivity contribution in [1.29, 1.82) is 0 Å². The smallest absolute Gasteiger partial charge is 0.0393 e. The zero-order chi connectivity index (χ0) is 12.8. The normalized spacial score (nSPS) is 16.4. The summed E-state index contributed by atoms with van der Waals surface area (Å²) in [6.45, 7) is 14.0. The van der Waals surface area contributed by atoms with Gasteiger partial charge in [-0.05, 0) is 24.3 Å². The van der Waals surface area contributed by atoms with Gasteiger partial charge in [0.25, 0.3) is 0 Å². The van der Waals surface area contributed by atoms with Gasteiger partial charge in [-0.3, -0.25) is 4.21 Å². The number of hydrogen-bond donors (Lipinski definition) is 1. The van der Waals surface area contributed by atoms with Crippen molar-refractivity contribution in [3.63, 3.8) is 0 Å². The van der Waals surface area contributed by atoms with Gasteiger partial charge in [0, 0.05) is 28.3 Å². The Kier molecular flexibility index (Phi) is 7.49. The Morgan fingerprint density at radius 3 is 2.19 bits per heavy atom. The summed E-state index contributed by atoms with van der Waals surface area (Å²) in [6.07, 6.45) is 1.07. The molecule has 0 aliphatic heterocycles. The van der Waals surface area contributed by atoms with Crippen LogP contribution in [0, 0.1) is 11.3 Å². The Hall–Kier alpha value is 0.110. The third-order valence-electron chi connectivity index (χ3n) is 2.77. The highest BCUT2D eigenvalue weighted by Gasteiger charge is 2.25. The Balaban J connectivity index is 4.14. The maximum Gasteiger partial charge on any atom is 0.0393 e. The van der Waals surface area contributed by atoms with E-state index in [1.807, 2.05) is 0 Å². The summed E-state index contributed by atoms with van der Waals surface area (Å²) in [5.74, 6) is 2.27. The first-order valence-corrected chi connectivity index (χ1v) is 7.84. The van der Waals surface area contributed by atoms with E-state index in [4.69, 9.17) is 0 Å². The van der Waals surface area contributed by atoms with Gasteiger partial charge in [-0.1, -0.05) is 41.5 Å². The molecule has 16 heavy (non-hydrogen) atoms. The molecule has 98 valence electrons. The minimum absolute atomic E-state index is 0.184. The molecule has 2 unspecified atom stereocenters. The van der Waals surface area contributed by atoms with Gasteiger partial charge in [0.2, 0.25) is 0 Å². The molecule has 0 saturated carbocycles. The van der Waals surface area contributed by atoms with Crippen LogP contribution < -0.4 is 5.32 Å². The van der Waals surface area contributed by atoms with Crippen LogP contribution in [0.3, 0.4) is 0 Å². The lowest BCUT2D eigenvalue weighted by Crippen LogP contribution is -2.44. The predicted octanol–water partition coefficient (Wildman–Crippen LogP) is 2.81. The molecule has 2 atom stereocenters. The average molecular weight is 247 g/mol. The van der Waals surface area contributed by atoms with E-state index in [1.165, 1.54) is 0 Å². The van der Waals surface area contributed by atoms with Crippen LogP contribution in [0.15, 0.2) is 0 Å². The zero-order valence-electron chi connectivity index (χ0n) is 11.8. The van der Waals surface area contributed by atoms with Gasteiger partial charge in [0.1, 0.15) is 0 Å². The maximum atomic E-state index is 12.0. The van der Waals surface area contributed by atoms with Crippen molar-refractivity contribution >= 4 is 10.8 Å². The zero-order valence-corrected chi connectivity index (χ0v) is 12.6. The summed E-state index contributed by atoms with van der Waals surface area (Å²) in [6, 6.07) is 0.352. The van der Waals surface area contributed by atoms with E-state index in [0.717, 1.165) is 24.5 Å². The van der Waals surface area contributed by atoms with Crippen LogP contribution in [0.25, 0.3) is 0 Å². The summed E-state index contributed by atoms with van der Waals surface area (Å²) in [5, 5.41) is 3.45. The second kappa shape index (κ2) is 7.44. The molecule has 2 nitrogen and oxygen atoms in total. The van der Waals surface area contributed by atoms with Crippen molar-refractivity contribution < 1.29 is 4.21 Å². The second-order valence-electron chi connectivity index (χ2n) is 5.97. The maximum absolute atomic E-state index is 12.0. The lowest BCUT2D eigenvalue weighted by atomic mass is 9.88. The van der Waals surface area contributed by atoms with Crippen LogP contribution in [-0.4, -0.2) is 28.3 Å². The van der Waals surface area contributed by atoms with E-state index in [2.05, 4.69) is 46.9 Å². The van der Waals surface area contributed by atoms with Gasteiger partial charge in [0.15, 0.2) is 0 Å². The Labute approximate surface area is 104 Å². The molecular weight excluding hydrogens is 218 g/mol. The lowest BCUT2D eigenvalue weighted by Gasteiger charge is -2.31. The highest BCUT2D eigenvalue weighted by Crippen LogP contribution is 2.20. The molecule has 1 N–H and O–H groups in total. The molecule has 3 heteroatoms. The first-order valence-electron chi connectivity index (χ1n) is 6.35. The molecule has 0 spiro atoms. The van der Waals surface area contributed by atoms with Crippen LogP contribution in [0.2, 0.25) is 0 Å². The standard InChI is InChI=1S/C13H29NOS/c1-7-14-12(13(4,5)6)10-16(15)9-8-11(2)3/h11-12,14H,7-10H2,1-6H3. The molecule has 0 rings (SSSR count). The molecule has 0 fully saturated rings. The molecule has 0 bridgehead atoms.